The number of carbonyl (C=O) groups is 1. The quantitative estimate of drug-likeness (QED) is 0.316. The summed E-state index contributed by atoms with van der Waals surface area (Å²) in [5, 5.41) is 4.80. The molecule has 0 aliphatic carbocycles. The van der Waals surface area contributed by atoms with Gasteiger partial charge in [0, 0.05) is 44.1 Å². The Balaban J connectivity index is 1.35. The second kappa shape index (κ2) is 11.1. The monoisotopic (exact) mass is 542 g/mol. The fraction of sp³-hybridized carbons (Fsp3) is 0.483. The number of hydrogen-bond acceptors (Lipinski definition) is 8. The number of hydrogen-bond donors (Lipinski definition) is 0. The van der Waals surface area contributed by atoms with E-state index in [2.05, 4.69) is 34.3 Å². The molecular formula is C29H34N8O3. The van der Waals surface area contributed by atoms with Crippen LogP contribution in [0.5, 0.6) is 11.8 Å². The molecule has 0 spiro atoms. The van der Waals surface area contributed by atoms with Crippen LogP contribution in [-0.2, 0) is 17.6 Å². The fourth-order valence-electron chi connectivity index (χ4n) is 6.02. The van der Waals surface area contributed by atoms with Crippen molar-refractivity contribution in [2.75, 3.05) is 57.9 Å². The molecule has 0 bridgehead atoms. The van der Waals surface area contributed by atoms with Gasteiger partial charge in [-0.25, -0.2) is 16.1 Å². The molecule has 1 amide bonds. The van der Waals surface area contributed by atoms with E-state index in [4.69, 9.17) is 31.1 Å². The van der Waals surface area contributed by atoms with Crippen molar-refractivity contribution >= 4 is 17.4 Å². The van der Waals surface area contributed by atoms with Crippen molar-refractivity contribution in [2.45, 2.75) is 37.8 Å². The Bertz CT molecular complexity index is 1460. The Morgan fingerprint density at radius 1 is 1.30 bits per heavy atom. The molecule has 0 unspecified atom stereocenters. The summed E-state index contributed by atoms with van der Waals surface area (Å²) in [6.07, 6.45) is 6.95. The van der Waals surface area contributed by atoms with Gasteiger partial charge in [0.15, 0.2) is 11.5 Å². The first-order chi connectivity index (χ1) is 19.6. The Morgan fingerprint density at radius 2 is 2.20 bits per heavy atom. The van der Waals surface area contributed by atoms with Crippen molar-refractivity contribution in [2.24, 2.45) is 0 Å². The highest BCUT2D eigenvalue weighted by atomic mass is 16.5. The molecule has 2 saturated heterocycles. The summed E-state index contributed by atoms with van der Waals surface area (Å²) in [6, 6.07) is 6.53. The molecule has 3 aliphatic rings. The molecule has 0 saturated carbocycles. The topological polar surface area (TPSA) is 92.7 Å². The maximum absolute atomic E-state index is 12.5. The van der Waals surface area contributed by atoms with Crippen LogP contribution < -0.4 is 14.4 Å². The van der Waals surface area contributed by atoms with E-state index in [9.17, 15) is 4.79 Å². The third-order valence-electron chi connectivity index (χ3n) is 8.23. The minimum atomic E-state index is -0.274. The zero-order valence-corrected chi connectivity index (χ0v) is 22.8. The molecule has 40 heavy (non-hydrogen) atoms. The Morgan fingerprint density at radius 3 is 3.00 bits per heavy atom. The van der Waals surface area contributed by atoms with Gasteiger partial charge in [-0.3, -0.25) is 4.79 Å². The Labute approximate surface area is 233 Å². The van der Waals surface area contributed by atoms with E-state index < -0.39 is 0 Å². The van der Waals surface area contributed by atoms with Crippen LogP contribution in [0, 0.1) is 6.57 Å². The molecule has 6 rings (SSSR count). The third-order valence-corrected chi connectivity index (χ3v) is 8.23. The maximum Gasteiger partial charge on any atom is 0.336 e. The van der Waals surface area contributed by atoms with E-state index in [1.165, 1.54) is 17.2 Å². The molecular weight excluding hydrogens is 508 g/mol. The van der Waals surface area contributed by atoms with Gasteiger partial charge in [-0.1, -0.05) is 18.7 Å². The van der Waals surface area contributed by atoms with Gasteiger partial charge in [0.25, 0.3) is 0 Å². The van der Waals surface area contributed by atoms with Crippen molar-refractivity contribution in [1.29, 1.82) is 0 Å². The minimum absolute atomic E-state index is 0.159. The lowest BCUT2D eigenvalue weighted by Crippen LogP contribution is -2.56. The van der Waals surface area contributed by atoms with Crippen LogP contribution in [-0.4, -0.2) is 100 Å². The molecule has 3 aromatic rings. The zero-order chi connectivity index (χ0) is 27.6. The number of imidazole rings is 1. The number of nitrogens with zero attached hydrogens (tertiary/aromatic N) is 8. The van der Waals surface area contributed by atoms with E-state index in [1.807, 2.05) is 22.8 Å². The number of rotatable bonds is 8. The van der Waals surface area contributed by atoms with E-state index in [0.717, 1.165) is 37.3 Å². The first-order valence-corrected chi connectivity index (χ1v) is 13.9. The molecule has 5 heterocycles. The first kappa shape index (κ1) is 26.1. The number of aromatic nitrogens is 4. The molecule has 0 N–H and O–H groups in total. The summed E-state index contributed by atoms with van der Waals surface area (Å²) in [5.41, 5.74) is 3.99. The lowest BCUT2D eigenvalue weighted by atomic mass is 10.0. The van der Waals surface area contributed by atoms with Crippen LogP contribution in [0.15, 0.2) is 37.1 Å². The minimum Gasteiger partial charge on any atom is -0.493 e. The number of amides is 1. The van der Waals surface area contributed by atoms with Crippen molar-refractivity contribution in [3.8, 4) is 11.8 Å². The van der Waals surface area contributed by atoms with Gasteiger partial charge in [-0.05, 0) is 44.1 Å². The SMILES string of the molecule is [C-]#[N+]C[C@H]1CN(c2nc(OC[C@@H]3CCCN3C)nn3c(Cc4cccc5c4CCO5)cnc23)CCN1C(=O)C=C. The zero-order valence-electron chi connectivity index (χ0n) is 22.8. The van der Waals surface area contributed by atoms with E-state index >= 15 is 0 Å². The Kier molecular flexibility index (Phi) is 7.26. The average molecular weight is 543 g/mol. The standard InChI is InChI=1S/C29H34N8O3/c1-4-26(38)36-13-12-35(18-23(36)16-30-2)28-27-31-17-22(15-20-7-5-9-25-24(20)10-14-39-25)37(27)33-29(32-28)40-19-21-8-6-11-34(21)3/h4-5,7,9,17,21,23H,1,6,8,10-16,18-19H2,3H3/t21-,23-/m0/s1. The average Bonchev–Trinajstić information content (AvgIpc) is 3.72. The van der Waals surface area contributed by atoms with Crippen LogP contribution >= 0.6 is 0 Å². The molecule has 208 valence electrons. The predicted octanol–water partition coefficient (Wildman–Crippen LogP) is 2.25. The molecule has 11 heteroatoms. The van der Waals surface area contributed by atoms with E-state index in [-0.39, 0.29) is 18.5 Å². The third kappa shape index (κ3) is 4.95. The number of carbonyl (C=O) groups excluding carboxylic acids is 1. The number of piperazine rings is 1. The first-order valence-electron chi connectivity index (χ1n) is 13.9. The highest BCUT2D eigenvalue weighted by molar-refractivity contribution is 5.87. The van der Waals surface area contributed by atoms with Crippen molar-refractivity contribution in [3.63, 3.8) is 0 Å². The number of benzene rings is 1. The van der Waals surface area contributed by atoms with Gasteiger partial charge in [0.2, 0.25) is 12.5 Å². The summed E-state index contributed by atoms with van der Waals surface area (Å²) in [4.78, 5) is 31.8. The van der Waals surface area contributed by atoms with Crippen LogP contribution in [0.3, 0.4) is 0 Å². The van der Waals surface area contributed by atoms with Gasteiger partial charge >= 0.3 is 6.01 Å². The van der Waals surface area contributed by atoms with Gasteiger partial charge in [-0.2, -0.15) is 4.98 Å². The van der Waals surface area contributed by atoms with Crippen LogP contribution in [0.2, 0.25) is 0 Å². The number of anilines is 1. The van der Waals surface area contributed by atoms with Crippen molar-refractivity contribution in [3.05, 3.63) is 65.3 Å². The smallest absolute Gasteiger partial charge is 0.336 e. The number of fused-ring (bicyclic) bond motifs is 2. The van der Waals surface area contributed by atoms with Gasteiger partial charge in [0.05, 0.1) is 18.5 Å². The van der Waals surface area contributed by atoms with Crippen LogP contribution in [0.25, 0.3) is 10.5 Å². The normalized spacial score (nSPS) is 20.8. The van der Waals surface area contributed by atoms with E-state index in [1.54, 1.807) is 4.90 Å². The number of ether oxygens (including phenoxy) is 2. The van der Waals surface area contributed by atoms with Crippen molar-refractivity contribution < 1.29 is 14.3 Å². The van der Waals surface area contributed by atoms with Crippen molar-refractivity contribution in [1.82, 2.24) is 29.4 Å². The van der Waals surface area contributed by atoms with Gasteiger partial charge < -0.3 is 29.0 Å². The lowest BCUT2D eigenvalue weighted by molar-refractivity contribution is -0.128. The van der Waals surface area contributed by atoms with Crippen LogP contribution in [0.4, 0.5) is 5.82 Å². The number of likely N-dealkylation sites (N-methyl/N-ethyl adjacent to an activating group) is 1. The summed E-state index contributed by atoms with van der Waals surface area (Å²) < 4.78 is 13.8. The second-order valence-electron chi connectivity index (χ2n) is 10.6. The molecule has 0 radical (unpaired) electrons. The predicted molar refractivity (Wildman–Crippen MR) is 150 cm³/mol. The molecule has 2 aromatic heterocycles. The molecule has 3 aliphatic heterocycles. The Hall–Kier alpha value is -4.17. The summed E-state index contributed by atoms with van der Waals surface area (Å²) in [6.45, 7) is 15.0. The highest BCUT2D eigenvalue weighted by Crippen LogP contribution is 2.31. The lowest BCUT2D eigenvalue weighted by Gasteiger charge is -2.39. The molecule has 2 fully saturated rings. The largest absolute Gasteiger partial charge is 0.493 e. The fourth-order valence-corrected chi connectivity index (χ4v) is 6.02. The molecule has 1 aromatic carbocycles. The maximum atomic E-state index is 12.5. The summed E-state index contributed by atoms with van der Waals surface area (Å²) >= 11 is 0. The summed E-state index contributed by atoms with van der Waals surface area (Å²) in [5.74, 6) is 1.44. The molecule has 11 nitrogen and oxygen atoms in total. The summed E-state index contributed by atoms with van der Waals surface area (Å²) in [7, 11) is 2.12. The highest BCUT2D eigenvalue weighted by Gasteiger charge is 2.34. The molecule has 2 atom stereocenters. The second-order valence-corrected chi connectivity index (χ2v) is 10.6. The van der Waals surface area contributed by atoms with Gasteiger partial charge in [-0.15, -0.1) is 5.10 Å². The van der Waals surface area contributed by atoms with Crippen LogP contribution in [0.1, 0.15) is 29.7 Å². The number of likely N-dealkylation sites (tertiary alicyclic amines) is 1. The van der Waals surface area contributed by atoms with Gasteiger partial charge in [0.1, 0.15) is 18.4 Å². The van der Waals surface area contributed by atoms with E-state index in [0.29, 0.717) is 62.8 Å².